The van der Waals surface area contributed by atoms with Gasteiger partial charge in [-0.05, 0) is 61.7 Å². The van der Waals surface area contributed by atoms with Crippen molar-refractivity contribution >= 4 is 32.6 Å². The molecule has 0 spiro atoms. The number of aryl methyl sites for hydroxylation is 3. The van der Waals surface area contributed by atoms with Crippen molar-refractivity contribution < 1.29 is 4.79 Å². The molecule has 2 aromatic carbocycles. The van der Waals surface area contributed by atoms with Crippen molar-refractivity contribution in [3.63, 3.8) is 0 Å². The number of hydrogen-bond donors (Lipinski definition) is 1. The molecular formula is C23H28N4OS. The van der Waals surface area contributed by atoms with E-state index in [-0.39, 0.29) is 5.91 Å². The second-order valence-corrected chi connectivity index (χ2v) is 8.86. The highest BCUT2D eigenvalue weighted by molar-refractivity contribution is 7.22. The molecule has 0 unspecified atom stereocenters. The van der Waals surface area contributed by atoms with Gasteiger partial charge in [-0.25, -0.2) is 4.98 Å². The molecule has 4 rings (SSSR count). The highest BCUT2D eigenvalue weighted by Gasteiger charge is 2.20. The maximum atomic E-state index is 12.4. The van der Waals surface area contributed by atoms with Gasteiger partial charge in [0.15, 0.2) is 5.13 Å². The molecule has 3 aromatic rings. The molecular weight excluding hydrogens is 380 g/mol. The highest BCUT2D eigenvalue weighted by Crippen LogP contribution is 2.29. The van der Waals surface area contributed by atoms with E-state index in [0.717, 1.165) is 54.5 Å². The van der Waals surface area contributed by atoms with Crippen LogP contribution in [0.3, 0.4) is 0 Å². The molecule has 2 heterocycles. The maximum absolute atomic E-state index is 12.4. The average molecular weight is 409 g/mol. The third-order valence-electron chi connectivity index (χ3n) is 5.66. The fraction of sp³-hybridized carbons (Fsp3) is 0.391. The van der Waals surface area contributed by atoms with Crippen LogP contribution in [-0.2, 0) is 0 Å². The van der Waals surface area contributed by atoms with Gasteiger partial charge in [0.05, 0.1) is 10.2 Å². The molecule has 1 N–H and O–H groups in total. The predicted octanol–water partition coefficient (Wildman–Crippen LogP) is 3.77. The predicted molar refractivity (Wildman–Crippen MR) is 121 cm³/mol. The summed E-state index contributed by atoms with van der Waals surface area (Å²) >= 11 is 1.78. The van der Waals surface area contributed by atoms with Gasteiger partial charge in [-0.1, -0.05) is 23.5 Å². The molecule has 1 aromatic heterocycles. The lowest BCUT2D eigenvalue weighted by Gasteiger charge is -2.34. The Morgan fingerprint density at radius 1 is 1.03 bits per heavy atom. The van der Waals surface area contributed by atoms with Crippen LogP contribution in [0.25, 0.3) is 10.2 Å². The van der Waals surface area contributed by atoms with E-state index in [1.165, 1.54) is 15.8 Å². The van der Waals surface area contributed by atoms with Gasteiger partial charge in [0.2, 0.25) is 0 Å². The Morgan fingerprint density at radius 2 is 1.83 bits per heavy atom. The normalized spacial score (nSPS) is 15.1. The summed E-state index contributed by atoms with van der Waals surface area (Å²) in [6, 6.07) is 12.3. The zero-order valence-electron chi connectivity index (χ0n) is 17.4. The molecule has 5 nitrogen and oxygen atoms in total. The van der Waals surface area contributed by atoms with E-state index >= 15 is 0 Å². The lowest BCUT2D eigenvalue weighted by molar-refractivity contribution is 0.0947. The number of carbonyl (C=O) groups is 1. The van der Waals surface area contributed by atoms with Gasteiger partial charge in [0, 0.05) is 44.8 Å². The number of piperazine rings is 1. The molecule has 1 fully saturated rings. The number of rotatable bonds is 5. The lowest BCUT2D eigenvalue weighted by Crippen LogP contribution is -2.48. The molecule has 0 bridgehead atoms. The quantitative estimate of drug-likeness (QED) is 0.698. The Bertz CT molecular complexity index is 1020. The summed E-state index contributed by atoms with van der Waals surface area (Å²) in [7, 11) is 0. The second-order valence-electron chi connectivity index (χ2n) is 7.85. The molecule has 1 aliphatic rings. The van der Waals surface area contributed by atoms with Crippen LogP contribution in [0.1, 0.15) is 27.0 Å². The van der Waals surface area contributed by atoms with Crippen molar-refractivity contribution in [2.75, 3.05) is 44.2 Å². The minimum Gasteiger partial charge on any atom is -0.351 e. The summed E-state index contributed by atoms with van der Waals surface area (Å²) in [4.78, 5) is 21.9. The number of benzene rings is 2. The summed E-state index contributed by atoms with van der Waals surface area (Å²) < 4.78 is 1.26. The van der Waals surface area contributed by atoms with Crippen LogP contribution in [0.15, 0.2) is 36.4 Å². The Morgan fingerprint density at radius 3 is 2.59 bits per heavy atom. The number of anilines is 1. The topological polar surface area (TPSA) is 48.5 Å². The van der Waals surface area contributed by atoms with Crippen molar-refractivity contribution in [3.05, 3.63) is 58.7 Å². The molecule has 6 heteroatoms. The van der Waals surface area contributed by atoms with Gasteiger partial charge in [0.1, 0.15) is 0 Å². The second kappa shape index (κ2) is 8.51. The number of nitrogens with one attached hydrogen (secondary N) is 1. The van der Waals surface area contributed by atoms with E-state index in [1.54, 1.807) is 11.3 Å². The summed E-state index contributed by atoms with van der Waals surface area (Å²) in [6.07, 6.45) is 0. The molecule has 29 heavy (non-hydrogen) atoms. The maximum Gasteiger partial charge on any atom is 0.251 e. The van der Waals surface area contributed by atoms with Gasteiger partial charge in [-0.3, -0.25) is 9.69 Å². The summed E-state index contributed by atoms with van der Waals surface area (Å²) in [6.45, 7) is 11.7. The van der Waals surface area contributed by atoms with Crippen molar-refractivity contribution in [1.29, 1.82) is 0 Å². The van der Waals surface area contributed by atoms with E-state index in [4.69, 9.17) is 4.98 Å². The molecule has 0 aliphatic carbocycles. The Balaban J connectivity index is 1.25. The number of carbonyl (C=O) groups excluding carboxylic acids is 1. The largest absolute Gasteiger partial charge is 0.351 e. The molecule has 152 valence electrons. The number of hydrogen-bond acceptors (Lipinski definition) is 5. The number of nitrogens with zero attached hydrogens (tertiary/aromatic N) is 3. The van der Waals surface area contributed by atoms with E-state index in [9.17, 15) is 4.79 Å². The molecule has 1 amide bonds. The average Bonchev–Trinajstić information content (AvgIpc) is 3.13. The fourth-order valence-electron chi connectivity index (χ4n) is 3.63. The lowest BCUT2D eigenvalue weighted by atomic mass is 10.1. The van der Waals surface area contributed by atoms with Crippen LogP contribution in [0.5, 0.6) is 0 Å². The number of thiazole rings is 1. The van der Waals surface area contributed by atoms with Crippen LogP contribution >= 0.6 is 11.3 Å². The first-order valence-corrected chi connectivity index (χ1v) is 11.0. The third-order valence-corrected chi connectivity index (χ3v) is 6.74. The molecule has 1 saturated heterocycles. The van der Waals surface area contributed by atoms with Gasteiger partial charge >= 0.3 is 0 Å². The summed E-state index contributed by atoms with van der Waals surface area (Å²) in [5, 5.41) is 4.17. The Labute approximate surface area is 176 Å². The number of amides is 1. The fourth-order valence-corrected chi connectivity index (χ4v) is 4.75. The third kappa shape index (κ3) is 4.60. The van der Waals surface area contributed by atoms with Crippen molar-refractivity contribution in [2.45, 2.75) is 20.8 Å². The van der Waals surface area contributed by atoms with E-state index < -0.39 is 0 Å². The number of fused-ring (bicyclic) bond motifs is 1. The minimum atomic E-state index is 0.0107. The van der Waals surface area contributed by atoms with Crippen LogP contribution in [0, 0.1) is 20.8 Å². The Hall–Kier alpha value is -2.44. The first-order chi connectivity index (χ1) is 14.0. The van der Waals surface area contributed by atoms with Crippen LogP contribution < -0.4 is 10.2 Å². The van der Waals surface area contributed by atoms with E-state index in [1.807, 2.05) is 25.1 Å². The SMILES string of the molecule is Cc1ccc2nc(N3CCN(CCNC(=O)c4ccc(C)c(C)c4)CC3)sc2c1. The zero-order valence-corrected chi connectivity index (χ0v) is 18.2. The summed E-state index contributed by atoms with van der Waals surface area (Å²) in [5.74, 6) is 0.0107. The molecule has 0 atom stereocenters. The first kappa shape index (κ1) is 19.9. The standard InChI is InChI=1S/C23H28N4OS/c1-16-4-7-20-21(14-16)29-23(25-20)27-12-10-26(11-13-27)9-8-24-22(28)19-6-5-17(2)18(3)15-19/h4-7,14-15H,8-13H2,1-3H3,(H,24,28). The van der Waals surface area contributed by atoms with E-state index in [0.29, 0.717) is 6.54 Å². The zero-order chi connectivity index (χ0) is 20.4. The van der Waals surface area contributed by atoms with Crippen molar-refractivity contribution in [1.82, 2.24) is 15.2 Å². The van der Waals surface area contributed by atoms with Crippen LogP contribution in [0.2, 0.25) is 0 Å². The first-order valence-electron chi connectivity index (χ1n) is 10.2. The van der Waals surface area contributed by atoms with Crippen LogP contribution in [-0.4, -0.2) is 55.1 Å². The van der Waals surface area contributed by atoms with Gasteiger partial charge < -0.3 is 10.2 Å². The molecule has 0 radical (unpaired) electrons. The van der Waals surface area contributed by atoms with Gasteiger partial charge in [-0.15, -0.1) is 0 Å². The smallest absolute Gasteiger partial charge is 0.251 e. The van der Waals surface area contributed by atoms with Gasteiger partial charge in [0.25, 0.3) is 5.91 Å². The van der Waals surface area contributed by atoms with Gasteiger partial charge in [-0.2, -0.15) is 0 Å². The van der Waals surface area contributed by atoms with E-state index in [2.05, 4.69) is 47.2 Å². The Kier molecular flexibility index (Phi) is 5.83. The molecule has 0 saturated carbocycles. The monoisotopic (exact) mass is 408 g/mol. The number of aromatic nitrogens is 1. The van der Waals surface area contributed by atoms with Crippen molar-refractivity contribution in [2.24, 2.45) is 0 Å². The highest BCUT2D eigenvalue weighted by atomic mass is 32.1. The minimum absolute atomic E-state index is 0.0107. The molecule has 1 aliphatic heterocycles. The van der Waals surface area contributed by atoms with Crippen LogP contribution in [0.4, 0.5) is 5.13 Å². The summed E-state index contributed by atoms with van der Waals surface area (Å²) in [5.41, 5.74) is 5.47. The van der Waals surface area contributed by atoms with Crippen molar-refractivity contribution in [3.8, 4) is 0 Å².